The van der Waals surface area contributed by atoms with Gasteiger partial charge in [-0.3, -0.25) is 9.59 Å². The Balaban J connectivity index is 2.95. The van der Waals surface area contributed by atoms with Crippen molar-refractivity contribution in [3.8, 4) is 11.5 Å². The number of carbonyl (C=O) groups is 2. The maximum atomic E-state index is 11.7. The van der Waals surface area contributed by atoms with Crippen LogP contribution in [0.5, 0.6) is 11.5 Å². The maximum absolute atomic E-state index is 11.7. The molecule has 1 aromatic rings. The molecule has 0 bridgehead atoms. The molecule has 1 aromatic carbocycles. The van der Waals surface area contributed by atoms with Crippen LogP contribution in [-0.4, -0.2) is 37.5 Å². The second-order valence-electron chi connectivity index (χ2n) is 3.80. The molecule has 0 amide bonds. The Morgan fingerprint density at radius 3 is 2.26 bits per heavy atom. The lowest BCUT2D eigenvalue weighted by Gasteiger charge is -2.11. The van der Waals surface area contributed by atoms with Crippen LogP contribution in [0, 0.1) is 0 Å². The molecule has 0 saturated heterocycles. The highest BCUT2D eigenvalue weighted by Crippen LogP contribution is 2.33. The standard InChI is InChI=1S/C13H15BrO5/c1-18-12-6-8(9(14)7-13(12)19-2)5-11(17)10(16)3-4-15/h6-7,15H,3-5H2,1-2H3. The van der Waals surface area contributed by atoms with Gasteiger partial charge in [0.05, 0.1) is 20.8 Å². The number of Topliss-reactive ketones (excluding diaryl/α,β-unsaturated/α-hetero) is 2. The summed E-state index contributed by atoms with van der Waals surface area (Å²) in [5.41, 5.74) is 0.633. The van der Waals surface area contributed by atoms with Crippen molar-refractivity contribution in [1.82, 2.24) is 0 Å². The van der Waals surface area contributed by atoms with Gasteiger partial charge >= 0.3 is 0 Å². The van der Waals surface area contributed by atoms with Crippen LogP contribution in [0.2, 0.25) is 0 Å². The van der Waals surface area contributed by atoms with Crippen molar-refractivity contribution >= 4 is 27.5 Å². The summed E-state index contributed by atoms with van der Waals surface area (Å²) in [6.07, 6.45) is -0.191. The monoisotopic (exact) mass is 330 g/mol. The van der Waals surface area contributed by atoms with Crippen LogP contribution in [0.15, 0.2) is 16.6 Å². The lowest BCUT2D eigenvalue weighted by atomic mass is 10.0. The third kappa shape index (κ3) is 4.04. The third-order valence-corrected chi connectivity index (χ3v) is 3.29. The fourth-order valence-electron chi connectivity index (χ4n) is 1.54. The second kappa shape index (κ2) is 7.25. The fourth-order valence-corrected chi connectivity index (χ4v) is 2.01. The summed E-state index contributed by atoms with van der Waals surface area (Å²) in [5, 5.41) is 8.64. The normalized spacial score (nSPS) is 10.1. The van der Waals surface area contributed by atoms with Gasteiger partial charge in [0.15, 0.2) is 11.5 Å². The summed E-state index contributed by atoms with van der Waals surface area (Å²) < 4.78 is 10.9. The number of halogens is 1. The van der Waals surface area contributed by atoms with E-state index in [1.165, 1.54) is 14.2 Å². The minimum Gasteiger partial charge on any atom is -0.493 e. The van der Waals surface area contributed by atoms with Crippen molar-refractivity contribution in [2.75, 3.05) is 20.8 Å². The number of hydrogen-bond acceptors (Lipinski definition) is 5. The van der Waals surface area contributed by atoms with Crippen LogP contribution in [0.3, 0.4) is 0 Å². The number of rotatable bonds is 7. The molecule has 0 fully saturated rings. The zero-order valence-corrected chi connectivity index (χ0v) is 12.3. The molecule has 0 aliphatic carbocycles. The van der Waals surface area contributed by atoms with Crippen LogP contribution in [0.25, 0.3) is 0 Å². The van der Waals surface area contributed by atoms with Gasteiger partial charge in [-0.05, 0) is 17.7 Å². The van der Waals surface area contributed by atoms with Crippen molar-refractivity contribution in [3.05, 3.63) is 22.2 Å². The Morgan fingerprint density at radius 1 is 1.16 bits per heavy atom. The maximum Gasteiger partial charge on any atom is 0.202 e. The van der Waals surface area contributed by atoms with Gasteiger partial charge in [0.25, 0.3) is 0 Å². The first-order valence-corrected chi connectivity index (χ1v) is 6.40. The summed E-state index contributed by atoms with van der Waals surface area (Å²) in [5.74, 6) is -0.0958. The zero-order valence-electron chi connectivity index (χ0n) is 10.7. The van der Waals surface area contributed by atoms with Crippen LogP contribution in [-0.2, 0) is 16.0 Å². The fraction of sp³-hybridized carbons (Fsp3) is 0.385. The first-order valence-electron chi connectivity index (χ1n) is 5.60. The van der Waals surface area contributed by atoms with Crippen molar-refractivity contribution < 1.29 is 24.2 Å². The molecule has 0 unspecified atom stereocenters. The van der Waals surface area contributed by atoms with E-state index in [-0.39, 0.29) is 19.4 Å². The summed E-state index contributed by atoms with van der Waals surface area (Å²) in [4.78, 5) is 23.0. The second-order valence-corrected chi connectivity index (χ2v) is 4.65. The first kappa shape index (κ1) is 15.7. The number of aliphatic hydroxyl groups excluding tert-OH is 1. The molecule has 104 valence electrons. The number of benzene rings is 1. The Bertz CT molecular complexity index is 484. The molecule has 0 aliphatic rings. The molecule has 1 N–H and O–H groups in total. The molecule has 6 heteroatoms. The molecule has 0 heterocycles. The van der Waals surface area contributed by atoms with Crippen LogP contribution < -0.4 is 9.47 Å². The van der Waals surface area contributed by atoms with E-state index in [1.54, 1.807) is 12.1 Å². The number of hydrogen-bond donors (Lipinski definition) is 1. The van der Waals surface area contributed by atoms with Gasteiger partial charge in [-0.15, -0.1) is 0 Å². The molecule has 1 rings (SSSR count). The molecule has 0 aromatic heterocycles. The molecular weight excluding hydrogens is 316 g/mol. The van der Waals surface area contributed by atoms with E-state index in [4.69, 9.17) is 14.6 Å². The van der Waals surface area contributed by atoms with Crippen molar-refractivity contribution in [3.63, 3.8) is 0 Å². The molecule has 0 aliphatic heterocycles. The van der Waals surface area contributed by atoms with Gasteiger partial charge in [-0.1, -0.05) is 15.9 Å². The summed E-state index contributed by atoms with van der Waals surface area (Å²) in [6, 6.07) is 3.32. The molecule has 0 saturated carbocycles. The number of ether oxygens (including phenoxy) is 2. The lowest BCUT2D eigenvalue weighted by molar-refractivity contribution is -0.136. The average molecular weight is 331 g/mol. The third-order valence-electron chi connectivity index (χ3n) is 2.55. The van der Waals surface area contributed by atoms with E-state index in [0.29, 0.717) is 21.5 Å². The van der Waals surface area contributed by atoms with Crippen molar-refractivity contribution in [1.29, 1.82) is 0 Å². The van der Waals surface area contributed by atoms with E-state index in [2.05, 4.69) is 15.9 Å². The summed E-state index contributed by atoms with van der Waals surface area (Å²) in [6.45, 7) is -0.322. The molecule has 5 nitrogen and oxygen atoms in total. The highest BCUT2D eigenvalue weighted by atomic mass is 79.9. The minimum atomic E-state index is -0.579. The molecule has 0 atom stereocenters. The molecular formula is C13H15BrO5. The Kier molecular flexibility index (Phi) is 5.98. The van der Waals surface area contributed by atoms with Gasteiger partial charge in [0, 0.05) is 17.3 Å². The van der Waals surface area contributed by atoms with Gasteiger partial charge in [-0.25, -0.2) is 0 Å². The predicted octanol–water partition coefficient (Wildman–Crippen LogP) is 1.53. The lowest BCUT2D eigenvalue weighted by Crippen LogP contribution is -2.17. The number of ketones is 2. The number of methoxy groups -OCH3 is 2. The number of carbonyl (C=O) groups excluding carboxylic acids is 2. The van der Waals surface area contributed by atoms with E-state index >= 15 is 0 Å². The van der Waals surface area contributed by atoms with E-state index in [9.17, 15) is 9.59 Å². The van der Waals surface area contributed by atoms with Crippen LogP contribution in [0.4, 0.5) is 0 Å². The van der Waals surface area contributed by atoms with E-state index in [1.807, 2.05) is 0 Å². The Hall–Kier alpha value is -1.40. The quantitative estimate of drug-likeness (QED) is 0.767. The Morgan fingerprint density at radius 2 is 1.74 bits per heavy atom. The number of aliphatic hydroxyl groups is 1. The Labute approximate surface area is 119 Å². The van der Waals surface area contributed by atoms with E-state index in [0.717, 1.165) is 0 Å². The van der Waals surface area contributed by atoms with Gasteiger partial charge in [-0.2, -0.15) is 0 Å². The predicted molar refractivity (Wildman–Crippen MR) is 72.7 cm³/mol. The highest BCUT2D eigenvalue weighted by molar-refractivity contribution is 9.10. The molecule has 19 heavy (non-hydrogen) atoms. The summed E-state index contributed by atoms with van der Waals surface area (Å²) >= 11 is 3.32. The smallest absolute Gasteiger partial charge is 0.202 e. The van der Waals surface area contributed by atoms with Gasteiger partial charge < -0.3 is 14.6 Å². The topological polar surface area (TPSA) is 72.8 Å². The van der Waals surface area contributed by atoms with Gasteiger partial charge in [0.2, 0.25) is 11.6 Å². The first-order chi connectivity index (χ1) is 9.03. The van der Waals surface area contributed by atoms with Gasteiger partial charge in [0.1, 0.15) is 0 Å². The van der Waals surface area contributed by atoms with Crippen LogP contribution in [0.1, 0.15) is 12.0 Å². The van der Waals surface area contributed by atoms with Crippen molar-refractivity contribution in [2.24, 2.45) is 0 Å². The van der Waals surface area contributed by atoms with Crippen molar-refractivity contribution in [2.45, 2.75) is 12.8 Å². The van der Waals surface area contributed by atoms with E-state index < -0.39 is 11.6 Å². The molecule has 0 radical (unpaired) electrons. The molecule has 0 spiro atoms. The summed E-state index contributed by atoms with van der Waals surface area (Å²) in [7, 11) is 3.01. The van der Waals surface area contributed by atoms with Crippen LogP contribution >= 0.6 is 15.9 Å². The average Bonchev–Trinajstić information content (AvgIpc) is 2.40. The zero-order chi connectivity index (χ0) is 14.4. The minimum absolute atomic E-state index is 0.0419. The highest BCUT2D eigenvalue weighted by Gasteiger charge is 2.17. The SMILES string of the molecule is COc1cc(Br)c(CC(=O)C(=O)CCO)cc1OC. The largest absolute Gasteiger partial charge is 0.493 e.